The minimum atomic E-state index is -2.06. The Bertz CT molecular complexity index is 1640. The first-order chi connectivity index (χ1) is 22.2. The maximum Gasteiger partial charge on any atom is 0.404 e. The van der Waals surface area contributed by atoms with Crippen molar-refractivity contribution in [2.45, 2.75) is 55.8 Å². The Morgan fingerprint density at radius 2 is 1.70 bits per heavy atom. The number of alkyl halides is 3. The van der Waals surface area contributed by atoms with Gasteiger partial charge >= 0.3 is 12.1 Å². The molecule has 2 aromatic carbocycles. The lowest BCUT2D eigenvalue weighted by molar-refractivity contribution is -0.141. The summed E-state index contributed by atoms with van der Waals surface area (Å²) < 4.78 is 47.6. The van der Waals surface area contributed by atoms with E-state index in [9.17, 15) is 32.3 Å². The number of ether oxygens (including phenoxy) is 1. The van der Waals surface area contributed by atoms with E-state index >= 15 is 0 Å². The number of aromatic nitrogens is 1. The highest BCUT2D eigenvalue weighted by molar-refractivity contribution is 6.02. The van der Waals surface area contributed by atoms with E-state index in [0.29, 0.717) is 55.2 Å². The average Bonchev–Trinajstić information content (AvgIpc) is 3.76. The predicted molar refractivity (Wildman–Crippen MR) is 162 cm³/mol. The van der Waals surface area contributed by atoms with Crippen LogP contribution in [0.3, 0.4) is 0 Å². The summed E-state index contributed by atoms with van der Waals surface area (Å²) in [5.74, 6) is -2.26. The van der Waals surface area contributed by atoms with Crippen LogP contribution in [-0.2, 0) is 20.1 Å². The van der Waals surface area contributed by atoms with Gasteiger partial charge in [0.25, 0.3) is 0 Å². The van der Waals surface area contributed by atoms with Gasteiger partial charge in [0.2, 0.25) is 17.5 Å². The van der Waals surface area contributed by atoms with E-state index in [1.807, 2.05) is 30.3 Å². The van der Waals surface area contributed by atoms with Gasteiger partial charge in [-0.15, -0.1) is 0 Å². The van der Waals surface area contributed by atoms with E-state index in [4.69, 9.17) is 9.84 Å². The highest BCUT2D eigenvalue weighted by Crippen LogP contribution is 2.40. The molecule has 1 aromatic heterocycles. The van der Waals surface area contributed by atoms with Crippen molar-refractivity contribution in [3.8, 4) is 0 Å². The first kappa shape index (κ1) is 31.4. The summed E-state index contributed by atoms with van der Waals surface area (Å²) in [6.07, 6.45) is 1.17. The second-order valence-corrected chi connectivity index (χ2v) is 12.3. The van der Waals surface area contributed by atoms with Crippen molar-refractivity contribution >= 4 is 40.5 Å². The smallest absolute Gasteiger partial charge is 0.404 e. The van der Waals surface area contributed by atoms with Crippen LogP contribution >= 0.6 is 0 Å². The fourth-order valence-electron chi connectivity index (χ4n) is 7.44. The number of halogens is 3. The van der Waals surface area contributed by atoms with Crippen LogP contribution in [0.5, 0.6) is 0 Å². The second kappa shape index (κ2) is 12.7. The molecule has 0 bridgehead atoms. The highest BCUT2D eigenvalue weighted by Gasteiger charge is 2.48. The standard InChI is InChI=1S/C33H35F3N4O6/c34-16-25(38-32(44)45)20-6-8-21(9-7-20)30(42)39-13-12-24(19-4-2-1-3-5-19)28(39)29(41)37-23-10-11-26-22(14-23)15-27-31(43)46-33(17-35,18-36)40(26)27/h1-5,10-11,14-15,20-21,24-25,28,38H,6-9,12-13,16-18H2,(H,37,41)(H,44,45)/t20-,21-,24-,25+,28-/m0/s1. The van der Waals surface area contributed by atoms with Crippen LogP contribution in [0.25, 0.3) is 10.9 Å². The number of carbonyl (C=O) groups is 4. The van der Waals surface area contributed by atoms with Crippen LogP contribution in [0.15, 0.2) is 54.6 Å². The van der Waals surface area contributed by atoms with Crippen LogP contribution in [0.4, 0.5) is 23.7 Å². The number of benzene rings is 2. The topological polar surface area (TPSA) is 130 Å². The van der Waals surface area contributed by atoms with Crippen molar-refractivity contribution < 1.29 is 42.2 Å². The number of nitrogens with one attached hydrogen (secondary N) is 2. The third-order valence-electron chi connectivity index (χ3n) is 9.73. The molecule has 46 heavy (non-hydrogen) atoms. The summed E-state index contributed by atoms with van der Waals surface area (Å²) in [7, 11) is 0. The number of anilines is 1. The summed E-state index contributed by atoms with van der Waals surface area (Å²) in [5, 5.41) is 14.7. The number of hydrogen-bond donors (Lipinski definition) is 3. The summed E-state index contributed by atoms with van der Waals surface area (Å²) in [5.41, 5.74) is -0.379. The molecule has 3 heterocycles. The van der Waals surface area contributed by atoms with Crippen molar-refractivity contribution in [2.24, 2.45) is 11.8 Å². The van der Waals surface area contributed by atoms with Crippen molar-refractivity contribution in [1.29, 1.82) is 0 Å². The molecular formula is C33H35F3N4O6. The van der Waals surface area contributed by atoms with Crippen molar-refractivity contribution in [1.82, 2.24) is 14.8 Å². The zero-order valence-electron chi connectivity index (χ0n) is 25.0. The van der Waals surface area contributed by atoms with Gasteiger partial charge in [-0.3, -0.25) is 14.2 Å². The van der Waals surface area contributed by atoms with E-state index in [-0.39, 0.29) is 29.4 Å². The largest absolute Gasteiger partial charge is 0.465 e. The molecule has 2 fully saturated rings. The third-order valence-corrected chi connectivity index (χ3v) is 9.73. The Morgan fingerprint density at radius 1 is 0.978 bits per heavy atom. The zero-order valence-corrected chi connectivity index (χ0v) is 25.0. The molecule has 244 valence electrons. The molecule has 10 nitrogen and oxygen atoms in total. The second-order valence-electron chi connectivity index (χ2n) is 12.3. The first-order valence-corrected chi connectivity index (χ1v) is 15.4. The summed E-state index contributed by atoms with van der Waals surface area (Å²) in [6.45, 7) is -2.94. The lowest BCUT2D eigenvalue weighted by Gasteiger charge is -2.35. The molecular weight excluding hydrogens is 605 g/mol. The van der Waals surface area contributed by atoms with E-state index < -0.39 is 55.8 Å². The molecule has 3 aromatic rings. The lowest BCUT2D eigenvalue weighted by atomic mass is 9.78. The predicted octanol–water partition coefficient (Wildman–Crippen LogP) is 5.14. The Balaban J connectivity index is 1.23. The van der Waals surface area contributed by atoms with Gasteiger partial charge in [-0.2, -0.15) is 0 Å². The van der Waals surface area contributed by atoms with Crippen LogP contribution < -0.4 is 10.6 Å². The number of amides is 3. The Labute approximate surface area is 262 Å². The minimum Gasteiger partial charge on any atom is -0.465 e. The van der Waals surface area contributed by atoms with Crippen molar-refractivity contribution in [2.75, 3.05) is 31.9 Å². The van der Waals surface area contributed by atoms with Gasteiger partial charge in [-0.1, -0.05) is 30.3 Å². The summed E-state index contributed by atoms with van der Waals surface area (Å²) in [6, 6.07) is 14.0. The number of fused-ring (bicyclic) bond motifs is 3. The van der Waals surface area contributed by atoms with Crippen LogP contribution in [0.2, 0.25) is 0 Å². The molecule has 0 radical (unpaired) electrons. The number of rotatable bonds is 9. The maximum absolute atomic E-state index is 14.0. The van der Waals surface area contributed by atoms with Crippen LogP contribution in [-0.4, -0.2) is 77.1 Å². The van der Waals surface area contributed by atoms with Gasteiger partial charge in [0.05, 0.1) is 11.6 Å². The van der Waals surface area contributed by atoms with Crippen LogP contribution in [0.1, 0.15) is 54.1 Å². The molecule has 2 aliphatic heterocycles. The number of nitrogens with zero attached hydrogens (tertiary/aromatic N) is 2. The van der Waals surface area contributed by atoms with Gasteiger partial charge in [0, 0.05) is 29.5 Å². The minimum absolute atomic E-state index is 0.0109. The molecule has 0 spiro atoms. The molecule has 6 rings (SSSR count). The molecule has 13 heteroatoms. The fraction of sp³-hybridized carbons (Fsp3) is 0.455. The Hall–Kier alpha value is -4.55. The monoisotopic (exact) mass is 640 g/mol. The van der Waals surface area contributed by atoms with E-state index in [0.717, 1.165) is 5.56 Å². The summed E-state index contributed by atoms with van der Waals surface area (Å²) in [4.78, 5) is 53.0. The number of cyclic esters (lactones) is 1. The molecule has 3 N–H and O–H groups in total. The number of carboxylic acid groups (broad SMARTS) is 1. The van der Waals surface area contributed by atoms with E-state index in [1.54, 1.807) is 23.1 Å². The number of likely N-dealkylation sites (tertiary alicyclic amines) is 1. The number of esters is 1. The molecule has 1 saturated heterocycles. The Morgan fingerprint density at radius 3 is 2.35 bits per heavy atom. The highest BCUT2D eigenvalue weighted by atomic mass is 19.1. The number of hydrogen-bond acceptors (Lipinski definition) is 5. The Kier molecular flexibility index (Phi) is 8.67. The molecule has 1 aliphatic carbocycles. The van der Waals surface area contributed by atoms with Gasteiger partial charge in [0.15, 0.2) is 13.3 Å². The van der Waals surface area contributed by atoms with E-state index in [2.05, 4.69) is 10.6 Å². The third kappa shape index (κ3) is 5.56. The summed E-state index contributed by atoms with van der Waals surface area (Å²) >= 11 is 0. The van der Waals surface area contributed by atoms with Crippen LogP contribution in [0, 0.1) is 11.8 Å². The zero-order chi connectivity index (χ0) is 32.6. The SMILES string of the molecule is O=C(O)N[C@H](CF)[C@H]1CC[C@H](C(=O)N2CC[C@@H](c3ccccc3)[C@H]2C(=O)Nc2ccc3c(c2)cc2n3C(CF)(CF)OC2=O)CC1. The molecule has 0 unspecified atom stereocenters. The quantitative estimate of drug-likeness (QED) is 0.278. The van der Waals surface area contributed by atoms with Gasteiger partial charge in [-0.25, -0.2) is 22.8 Å². The lowest BCUT2D eigenvalue weighted by Crippen LogP contribution is -2.49. The fourth-order valence-corrected chi connectivity index (χ4v) is 7.44. The first-order valence-electron chi connectivity index (χ1n) is 15.4. The van der Waals surface area contributed by atoms with Gasteiger partial charge < -0.3 is 25.4 Å². The van der Waals surface area contributed by atoms with Gasteiger partial charge in [0.1, 0.15) is 18.4 Å². The molecule has 3 aliphatic rings. The van der Waals surface area contributed by atoms with E-state index in [1.165, 1.54) is 10.6 Å². The maximum atomic E-state index is 14.0. The molecule has 3 amide bonds. The van der Waals surface area contributed by atoms with Crippen molar-refractivity contribution in [3.05, 3.63) is 65.9 Å². The molecule has 3 atom stereocenters. The average molecular weight is 641 g/mol. The van der Waals surface area contributed by atoms with Gasteiger partial charge in [-0.05, 0) is 67.9 Å². The normalized spacial score (nSPS) is 24.3. The van der Waals surface area contributed by atoms with Crippen molar-refractivity contribution in [3.63, 3.8) is 0 Å². The molecule has 1 saturated carbocycles. The number of carbonyl (C=O) groups excluding carboxylic acids is 3.